The molecule has 3 amide bonds. The summed E-state index contributed by atoms with van der Waals surface area (Å²) in [7, 11) is 0. The second kappa shape index (κ2) is 10.2. The maximum absolute atomic E-state index is 13.6. The Hall–Kier alpha value is -3.74. The number of nitrogens with zero attached hydrogens (tertiary/aromatic N) is 1. The van der Waals surface area contributed by atoms with E-state index in [-0.39, 0.29) is 18.1 Å². The van der Waals surface area contributed by atoms with E-state index in [1.165, 1.54) is 42.5 Å². The van der Waals surface area contributed by atoms with Crippen LogP contribution in [-0.4, -0.2) is 25.0 Å². The number of nitrogens with one attached hydrogen (secondary N) is 2. The first-order valence-corrected chi connectivity index (χ1v) is 9.46. The summed E-state index contributed by atoms with van der Waals surface area (Å²) in [5.41, 5.74) is 1.15. The highest BCUT2D eigenvalue weighted by atomic mass is 19.1. The molecule has 0 aromatic heterocycles. The number of amides is 3. The number of hydrogen-bond donors (Lipinski definition) is 2. The zero-order chi connectivity index (χ0) is 21.3. The predicted octanol–water partition coefficient (Wildman–Crippen LogP) is 4.82. The highest BCUT2D eigenvalue weighted by Gasteiger charge is 2.17. The number of carbonyl (C=O) groups is 2. The molecule has 3 aromatic carbocycles. The van der Waals surface area contributed by atoms with Crippen LogP contribution in [0, 0.1) is 11.6 Å². The van der Waals surface area contributed by atoms with Crippen molar-refractivity contribution in [3.8, 4) is 0 Å². The Kier molecular flexibility index (Phi) is 7.10. The maximum Gasteiger partial charge on any atom is 0.319 e. The summed E-state index contributed by atoms with van der Waals surface area (Å²) in [6, 6.07) is 19.8. The summed E-state index contributed by atoms with van der Waals surface area (Å²) in [5.74, 6) is -1.20. The fourth-order valence-electron chi connectivity index (χ4n) is 2.87. The molecule has 3 rings (SSSR count). The molecule has 0 bridgehead atoms. The van der Waals surface area contributed by atoms with Crippen molar-refractivity contribution in [1.29, 1.82) is 0 Å². The van der Waals surface area contributed by atoms with Crippen molar-refractivity contribution in [2.24, 2.45) is 0 Å². The lowest BCUT2D eigenvalue weighted by molar-refractivity contribution is 0.0986. The van der Waals surface area contributed by atoms with Crippen LogP contribution < -0.4 is 15.5 Å². The van der Waals surface area contributed by atoms with Crippen LogP contribution in [0.15, 0.2) is 78.9 Å². The molecule has 0 saturated carbocycles. The van der Waals surface area contributed by atoms with E-state index < -0.39 is 17.7 Å². The number of halogens is 2. The van der Waals surface area contributed by atoms with Crippen molar-refractivity contribution in [1.82, 2.24) is 5.32 Å². The molecule has 0 radical (unpaired) electrons. The molecule has 3 aromatic rings. The van der Waals surface area contributed by atoms with Crippen LogP contribution in [0.5, 0.6) is 0 Å². The second-order valence-corrected chi connectivity index (χ2v) is 6.51. The van der Waals surface area contributed by atoms with Crippen molar-refractivity contribution in [3.63, 3.8) is 0 Å². The van der Waals surface area contributed by atoms with E-state index >= 15 is 0 Å². The first kappa shape index (κ1) is 21.0. The summed E-state index contributed by atoms with van der Waals surface area (Å²) in [4.78, 5) is 26.5. The number of carbonyl (C=O) groups excluding carboxylic acids is 2. The van der Waals surface area contributed by atoms with Crippen LogP contribution in [0.3, 0.4) is 0 Å². The van der Waals surface area contributed by atoms with E-state index in [4.69, 9.17) is 0 Å². The van der Waals surface area contributed by atoms with Crippen molar-refractivity contribution in [2.75, 3.05) is 23.3 Å². The van der Waals surface area contributed by atoms with Crippen LogP contribution in [0.1, 0.15) is 16.8 Å². The van der Waals surface area contributed by atoms with Gasteiger partial charge in [-0.05, 0) is 55.0 Å². The van der Waals surface area contributed by atoms with Gasteiger partial charge in [-0.1, -0.05) is 30.3 Å². The Balaban J connectivity index is 1.59. The smallest absolute Gasteiger partial charge is 0.319 e. The molecule has 2 N–H and O–H groups in total. The Labute approximate surface area is 173 Å². The third kappa shape index (κ3) is 5.64. The Morgan fingerprint density at radius 2 is 1.50 bits per heavy atom. The monoisotopic (exact) mass is 409 g/mol. The molecular weight excluding hydrogens is 388 g/mol. The molecule has 5 nitrogen and oxygen atoms in total. The SMILES string of the molecule is O=C(NCCCN(C(=O)c1ccc(F)cc1)c1ccccc1)Nc1ccccc1F. The third-order valence-corrected chi connectivity index (χ3v) is 4.37. The number of urea groups is 1. The van der Waals surface area contributed by atoms with Gasteiger partial charge in [0.2, 0.25) is 0 Å². The average Bonchev–Trinajstić information content (AvgIpc) is 2.76. The van der Waals surface area contributed by atoms with Gasteiger partial charge in [-0.2, -0.15) is 0 Å². The van der Waals surface area contributed by atoms with Crippen LogP contribution in [0.2, 0.25) is 0 Å². The molecule has 7 heteroatoms. The molecule has 0 saturated heterocycles. The quantitative estimate of drug-likeness (QED) is 0.550. The highest BCUT2D eigenvalue weighted by Crippen LogP contribution is 2.18. The zero-order valence-corrected chi connectivity index (χ0v) is 16.1. The predicted molar refractivity (Wildman–Crippen MR) is 113 cm³/mol. The summed E-state index contributed by atoms with van der Waals surface area (Å²) < 4.78 is 26.8. The molecule has 0 atom stereocenters. The largest absolute Gasteiger partial charge is 0.338 e. The third-order valence-electron chi connectivity index (χ3n) is 4.37. The van der Waals surface area contributed by atoms with E-state index in [1.54, 1.807) is 23.1 Å². The van der Waals surface area contributed by atoms with Crippen LogP contribution in [0.4, 0.5) is 25.0 Å². The molecule has 0 unspecified atom stereocenters. The Morgan fingerprint density at radius 3 is 2.20 bits per heavy atom. The number of para-hydroxylation sites is 2. The van der Waals surface area contributed by atoms with Gasteiger partial charge in [0, 0.05) is 24.3 Å². The average molecular weight is 409 g/mol. The van der Waals surface area contributed by atoms with E-state index in [2.05, 4.69) is 10.6 Å². The highest BCUT2D eigenvalue weighted by molar-refractivity contribution is 6.06. The van der Waals surface area contributed by atoms with Gasteiger partial charge in [-0.15, -0.1) is 0 Å². The first-order valence-electron chi connectivity index (χ1n) is 9.46. The number of hydrogen-bond acceptors (Lipinski definition) is 2. The lowest BCUT2D eigenvalue weighted by Crippen LogP contribution is -2.35. The van der Waals surface area contributed by atoms with Crippen LogP contribution in [0.25, 0.3) is 0 Å². The van der Waals surface area contributed by atoms with Gasteiger partial charge >= 0.3 is 6.03 Å². The van der Waals surface area contributed by atoms with Gasteiger partial charge in [-0.25, -0.2) is 13.6 Å². The lowest BCUT2D eigenvalue weighted by atomic mass is 10.1. The molecule has 30 heavy (non-hydrogen) atoms. The van der Waals surface area contributed by atoms with Crippen molar-refractivity contribution in [2.45, 2.75) is 6.42 Å². The molecule has 0 aliphatic rings. The normalized spacial score (nSPS) is 10.3. The second-order valence-electron chi connectivity index (χ2n) is 6.51. The number of benzene rings is 3. The minimum absolute atomic E-state index is 0.0902. The molecule has 0 fully saturated rings. The molecule has 0 heterocycles. The van der Waals surface area contributed by atoms with Gasteiger partial charge in [0.1, 0.15) is 11.6 Å². The van der Waals surface area contributed by atoms with Crippen LogP contribution >= 0.6 is 0 Å². The molecular formula is C23H21F2N3O2. The lowest BCUT2D eigenvalue weighted by Gasteiger charge is -2.23. The fraction of sp³-hybridized carbons (Fsp3) is 0.130. The van der Waals surface area contributed by atoms with Gasteiger partial charge < -0.3 is 15.5 Å². The standard InChI is InChI=1S/C23H21F2N3O2/c24-18-13-11-17(12-14-18)22(29)28(19-7-2-1-3-8-19)16-6-15-26-23(30)27-21-10-5-4-9-20(21)25/h1-5,7-14H,6,15-16H2,(H2,26,27,30). The van der Waals surface area contributed by atoms with E-state index in [1.807, 2.05) is 18.2 Å². The van der Waals surface area contributed by atoms with Gasteiger partial charge in [0.15, 0.2) is 0 Å². The Bertz CT molecular complexity index is 995. The fourth-order valence-corrected chi connectivity index (χ4v) is 2.87. The van der Waals surface area contributed by atoms with Gasteiger partial charge in [0.25, 0.3) is 5.91 Å². The van der Waals surface area contributed by atoms with E-state index in [9.17, 15) is 18.4 Å². The topological polar surface area (TPSA) is 61.4 Å². The van der Waals surface area contributed by atoms with Crippen molar-refractivity contribution >= 4 is 23.3 Å². The number of rotatable bonds is 7. The number of anilines is 2. The summed E-state index contributed by atoms with van der Waals surface area (Å²) in [6.45, 7) is 0.612. The minimum Gasteiger partial charge on any atom is -0.338 e. The summed E-state index contributed by atoms with van der Waals surface area (Å²) >= 11 is 0. The molecule has 0 aliphatic carbocycles. The van der Waals surface area contributed by atoms with Crippen molar-refractivity contribution in [3.05, 3.63) is 96.1 Å². The van der Waals surface area contributed by atoms with Gasteiger partial charge in [0.05, 0.1) is 5.69 Å². The van der Waals surface area contributed by atoms with E-state index in [0.29, 0.717) is 24.2 Å². The van der Waals surface area contributed by atoms with E-state index in [0.717, 1.165) is 0 Å². The zero-order valence-electron chi connectivity index (χ0n) is 16.1. The van der Waals surface area contributed by atoms with Gasteiger partial charge in [-0.3, -0.25) is 4.79 Å². The van der Waals surface area contributed by atoms with Crippen LogP contribution in [-0.2, 0) is 0 Å². The summed E-state index contributed by atoms with van der Waals surface area (Å²) in [6.07, 6.45) is 0.465. The molecule has 154 valence electrons. The molecule has 0 spiro atoms. The Morgan fingerprint density at radius 1 is 0.833 bits per heavy atom. The minimum atomic E-state index is -0.531. The van der Waals surface area contributed by atoms with Crippen molar-refractivity contribution < 1.29 is 18.4 Å². The maximum atomic E-state index is 13.6. The summed E-state index contributed by atoms with van der Waals surface area (Å²) in [5, 5.41) is 5.09. The first-order chi connectivity index (χ1) is 14.5. The molecule has 0 aliphatic heterocycles.